The van der Waals surface area contributed by atoms with E-state index in [1.807, 2.05) is 31.2 Å². The number of rotatable bonds is 5. The molecule has 116 valence electrons. The van der Waals surface area contributed by atoms with E-state index in [4.69, 9.17) is 4.74 Å². The Kier molecular flexibility index (Phi) is 5.87. The quantitative estimate of drug-likeness (QED) is 0.586. The van der Waals surface area contributed by atoms with Crippen molar-refractivity contribution in [3.05, 3.63) is 27.8 Å². The van der Waals surface area contributed by atoms with Crippen molar-refractivity contribution in [2.24, 2.45) is 5.92 Å². The fourth-order valence-corrected chi connectivity index (χ4v) is 3.02. The molecule has 0 bridgehead atoms. The fourth-order valence-electron chi connectivity index (χ4n) is 2.66. The maximum Gasteiger partial charge on any atom is 0.308 e. The zero-order valence-corrected chi connectivity index (χ0v) is 14.4. The number of hydrogen-bond acceptors (Lipinski definition) is 4. The van der Waals surface area contributed by atoms with Gasteiger partial charge in [-0.1, -0.05) is 0 Å². The molecule has 1 aliphatic carbocycles. The summed E-state index contributed by atoms with van der Waals surface area (Å²) in [5.41, 5.74) is 0.280. The Morgan fingerprint density at radius 1 is 1.38 bits per heavy atom. The van der Waals surface area contributed by atoms with Crippen LogP contribution in [0.1, 0.15) is 32.6 Å². The molecular weight excluding hydrogens is 381 g/mol. The van der Waals surface area contributed by atoms with Crippen molar-refractivity contribution in [1.29, 1.82) is 0 Å². The number of hydrogen-bond donors (Lipinski definition) is 2. The standard InChI is InChI=1S/C16H22INO3/c1-2-21-15(19)12-7-9-16(20,10-8-12)11-18-14-5-3-13(17)4-6-14/h3-6,12,18,20H,2,7-11H2,1H3. The minimum Gasteiger partial charge on any atom is -0.466 e. The minimum absolute atomic E-state index is 0.0523. The molecule has 21 heavy (non-hydrogen) atoms. The van der Waals surface area contributed by atoms with Crippen molar-refractivity contribution < 1.29 is 14.6 Å². The SMILES string of the molecule is CCOC(=O)C1CCC(O)(CNc2ccc(I)cc2)CC1. The van der Waals surface area contributed by atoms with Crippen molar-refractivity contribution in [2.75, 3.05) is 18.5 Å². The van der Waals surface area contributed by atoms with Crippen LogP contribution in [0.15, 0.2) is 24.3 Å². The van der Waals surface area contributed by atoms with Gasteiger partial charge in [0.2, 0.25) is 0 Å². The predicted molar refractivity (Wildman–Crippen MR) is 91.2 cm³/mol. The summed E-state index contributed by atoms with van der Waals surface area (Å²) in [7, 11) is 0. The molecule has 0 spiro atoms. The third-order valence-electron chi connectivity index (χ3n) is 4.00. The maximum absolute atomic E-state index is 11.7. The molecule has 5 heteroatoms. The van der Waals surface area contributed by atoms with Gasteiger partial charge in [0, 0.05) is 15.8 Å². The molecular formula is C16H22INO3. The minimum atomic E-state index is -0.730. The molecule has 4 nitrogen and oxygen atoms in total. The first-order valence-corrected chi connectivity index (χ1v) is 8.49. The molecule has 0 amide bonds. The van der Waals surface area contributed by atoms with Gasteiger partial charge in [-0.2, -0.15) is 0 Å². The maximum atomic E-state index is 11.7. The highest BCUT2D eigenvalue weighted by Gasteiger charge is 2.36. The van der Waals surface area contributed by atoms with Crippen molar-refractivity contribution in [3.8, 4) is 0 Å². The number of ether oxygens (including phenoxy) is 1. The lowest BCUT2D eigenvalue weighted by molar-refractivity contribution is -0.150. The summed E-state index contributed by atoms with van der Waals surface area (Å²) < 4.78 is 6.24. The molecule has 0 radical (unpaired) electrons. The molecule has 0 aromatic heterocycles. The highest BCUT2D eigenvalue weighted by Crippen LogP contribution is 2.33. The molecule has 0 aliphatic heterocycles. The van der Waals surface area contributed by atoms with Crippen LogP contribution in [0.3, 0.4) is 0 Å². The van der Waals surface area contributed by atoms with Crippen LogP contribution in [0.5, 0.6) is 0 Å². The van der Waals surface area contributed by atoms with Crippen LogP contribution in [0, 0.1) is 9.49 Å². The van der Waals surface area contributed by atoms with E-state index in [2.05, 4.69) is 27.9 Å². The average Bonchev–Trinajstić information content (AvgIpc) is 2.48. The zero-order chi connectivity index (χ0) is 15.3. The van der Waals surface area contributed by atoms with Crippen LogP contribution in [0.25, 0.3) is 0 Å². The summed E-state index contributed by atoms with van der Waals surface area (Å²) in [6, 6.07) is 8.08. The molecule has 1 saturated carbocycles. The number of aliphatic hydroxyl groups is 1. The lowest BCUT2D eigenvalue weighted by Crippen LogP contribution is -2.42. The second-order valence-corrected chi connectivity index (χ2v) is 6.86. The molecule has 1 fully saturated rings. The van der Waals surface area contributed by atoms with E-state index in [1.54, 1.807) is 0 Å². The summed E-state index contributed by atoms with van der Waals surface area (Å²) in [6.45, 7) is 2.76. The molecule has 2 rings (SSSR count). The largest absolute Gasteiger partial charge is 0.466 e. The molecule has 1 aromatic rings. The van der Waals surface area contributed by atoms with Crippen LogP contribution in [0.4, 0.5) is 5.69 Å². The van der Waals surface area contributed by atoms with E-state index in [9.17, 15) is 9.90 Å². The van der Waals surface area contributed by atoms with E-state index in [1.165, 1.54) is 3.57 Å². The Morgan fingerprint density at radius 3 is 2.57 bits per heavy atom. The second kappa shape index (κ2) is 7.45. The van der Waals surface area contributed by atoms with Gasteiger partial charge in [-0.3, -0.25) is 4.79 Å². The second-order valence-electron chi connectivity index (χ2n) is 5.61. The lowest BCUT2D eigenvalue weighted by atomic mass is 9.78. The van der Waals surface area contributed by atoms with Gasteiger partial charge in [0.1, 0.15) is 0 Å². The Balaban J connectivity index is 1.82. The number of benzene rings is 1. The van der Waals surface area contributed by atoms with E-state index in [0.717, 1.165) is 5.69 Å². The molecule has 0 heterocycles. The Bertz CT molecular complexity index is 467. The number of carbonyl (C=O) groups is 1. The van der Waals surface area contributed by atoms with Crippen LogP contribution < -0.4 is 5.32 Å². The van der Waals surface area contributed by atoms with Gasteiger partial charge in [-0.05, 0) is 79.5 Å². The Hall–Kier alpha value is -0.820. The van der Waals surface area contributed by atoms with Crippen LogP contribution >= 0.6 is 22.6 Å². The summed E-state index contributed by atoms with van der Waals surface area (Å²) in [4.78, 5) is 11.7. The highest BCUT2D eigenvalue weighted by molar-refractivity contribution is 14.1. The van der Waals surface area contributed by atoms with Crippen LogP contribution in [-0.4, -0.2) is 29.8 Å². The highest BCUT2D eigenvalue weighted by atomic mass is 127. The molecule has 0 atom stereocenters. The molecule has 2 N–H and O–H groups in total. The molecule has 0 unspecified atom stereocenters. The van der Waals surface area contributed by atoms with Gasteiger partial charge in [0.05, 0.1) is 18.1 Å². The monoisotopic (exact) mass is 403 g/mol. The topological polar surface area (TPSA) is 58.6 Å². The normalized spacial score (nSPS) is 25.4. The van der Waals surface area contributed by atoms with Crippen molar-refractivity contribution in [1.82, 2.24) is 0 Å². The van der Waals surface area contributed by atoms with E-state index < -0.39 is 5.60 Å². The number of nitrogens with one attached hydrogen (secondary N) is 1. The smallest absolute Gasteiger partial charge is 0.308 e. The summed E-state index contributed by atoms with van der Waals surface area (Å²) in [6.07, 6.45) is 2.66. The zero-order valence-electron chi connectivity index (χ0n) is 12.3. The van der Waals surface area contributed by atoms with Crippen LogP contribution in [0.2, 0.25) is 0 Å². The number of halogens is 1. The van der Waals surface area contributed by atoms with Gasteiger partial charge in [0.25, 0.3) is 0 Å². The third-order valence-corrected chi connectivity index (χ3v) is 4.72. The molecule has 1 aromatic carbocycles. The number of esters is 1. The van der Waals surface area contributed by atoms with Gasteiger partial charge in [0.15, 0.2) is 0 Å². The van der Waals surface area contributed by atoms with E-state index >= 15 is 0 Å². The van der Waals surface area contributed by atoms with Gasteiger partial charge < -0.3 is 15.2 Å². The summed E-state index contributed by atoms with van der Waals surface area (Å²) in [5, 5.41) is 13.9. The Morgan fingerprint density at radius 2 is 2.00 bits per heavy atom. The van der Waals surface area contributed by atoms with Crippen molar-refractivity contribution in [2.45, 2.75) is 38.2 Å². The third kappa shape index (κ3) is 4.85. The summed E-state index contributed by atoms with van der Waals surface area (Å²) in [5.74, 6) is -0.173. The first-order valence-electron chi connectivity index (χ1n) is 7.41. The first-order chi connectivity index (χ1) is 10.0. The average molecular weight is 403 g/mol. The number of carbonyl (C=O) groups excluding carboxylic acids is 1. The molecule has 0 saturated heterocycles. The van der Waals surface area contributed by atoms with E-state index in [0.29, 0.717) is 38.8 Å². The predicted octanol–water partition coefficient (Wildman–Crippen LogP) is 3.19. The van der Waals surface area contributed by atoms with Gasteiger partial charge in [-0.15, -0.1) is 0 Å². The first kappa shape index (κ1) is 16.5. The van der Waals surface area contributed by atoms with Gasteiger partial charge >= 0.3 is 5.97 Å². The van der Waals surface area contributed by atoms with Crippen LogP contribution in [-0.2, 0) is 9.53 Å². The number of anilines is 1. The Labute approximate surface area is 139 Å². The fraction of sp³-hybridized carbons (Fsp3) is 0.562. The summed E-state index contributed by atoms with van der Waals surface area (Å²) >= 11 is 2.26. The van der Waals surface area contributed by atoms with Crippen molar-refractivity contribution >= 4 is 34.2 Å². The lowest BCUT2D eigenvalue weighted by Gasteiger charge is -2.35. The van der Waals surface area contributed by atoms with Gasteiger partial charge in [-0.25, -0.2) is 0 Å². The molecule has 1 aliphatic rings. The van der Waals surface area contributed by atoms with Crippen molar-refractivity contribution in [3.63, 3.8) is 0 Å². The van der Waals surface area contributed by atoms with E-state index in [-0.39, 0.29) is 11.9 Å².